The summed E-state index contributed by atoms with van der Waals surface area (Å²) < 4.78 is 31.2. The minimum atomic E-state index is -0.518. The van der Waals surface area contributed by atoms with Gasteiger partial charge >= 0.3 is 5.97 Å². The number of nitriles is 1. The van der Waals surface area contributed by atoms with Gasteiger partial charge in [-0.05, 0) is 47.9 Å². The van der Waals surface area contributed by atoms with Crippen LogP contribution in [0.3, 0.4) is 0 Å². The molecule has 2 heterocycles. The average molecular weight is 454 g/mol. The molecule has 7 nitrogen and oxygen atoms in total. The number of rotatable bonds is 8. The van der Waals surface area contributed by atoms with Gasteiger partial charge in [-0.2, -0.15) is 5.26 Å². The quantitative estimate of drug-likeness (QED) is 0.594. The molecule has 1 fully saturated rings. The number of hydrogen-bond donors (Lipinski definition) is 2. The molecule has 2 aliphatic rings. The van der Waals surface area contributed by atoms with Gasteiger partial charge in [-0.15, -0.1) is 0 Å². The molecule has 1 saturated heterocycles. The van der Waals surface area contributed by atoms with E-state index in [1.165, 1.54) is 6.07 Å². The number of cyclic esters (lactones) is 1. The van der Waals surface area contributed by atoms with Crippen molar-refractivity contribution >= 4 is 5.97 Å². The Morgan fingerprint density at radius 3 is 2.91 bits per heavy atom. The first-order chi connectivity index (χ1) is 16.1. The van der Waals surface area contributed by atoms with Crippen molar-refractivity contribution in [3.05, 3.63) is 58.9 Å². The zero-order chi connectivity index (χ0) is 23.2. The minimum Gasteiger partial charge on any atom is -0.451 e. The third kappa shape index (κ3) is 5.57. The molecule has 8 heteroatoms. The van der Waals surface area contributed by atoms with Crippen LogP contribution < -0.4 is 10.6 Å². The van der Waals surface area contributed by atoms with Crippen LogP contribution >= 0.6 is 0 Å². The maximum absolute atomic E-state index is 14.9. The Morgan fingerprint density at radius 2 is 2.12 bits per heavy atom. The summed E-state index contributed by atoms with van der Waals surface area (Å²) in [6.45, 7) is 3.15. The van der Waals surface area contributed by atoms with Crippen molar-refractivity contribution in [1.29, 1.82) is 5.26 Å². The number of carbonyl (C=O) groups excluding carboxylic acids is 1. The highest BCUT2D eigenvalue weighted by atomic mass is 19.1. The minimum absolute atomic E-state index is 0.00632. The normalized spacial score (nSPS) is 21.1. The van der Waals surface area contributed by atoms with Crippen molar-refractivity contribution < 1.29 is 23.4 Å². The van der Waals surface area contributed by atoms with Crippen LogP contribution in [-0.2, 0) is 20.6 Å². The van der Waals surface area contributed by atoms with E-state index in [1.54, 1.807) is 25.3 Å². The molecule has 4 rings (SSSR count). The standard InChI is InChI=1S/C25H28FN3O4/c1-31-15-24-22-10-16(5-6-21(22)25(30)33-24)17-3-4-18(23(26)11-17)9-19(12-27)29-14-20-13-28-7-2-8-32-20/h3-6,10-11,19-20,24,28-29H,2,7-9,13-15H2,1H3/t19-,20?,24?/m0/s1. The zero-order valence-corrected chi connectivity index (χ0v) is 18.6. The molecule has 33 heavy (non-hydrogen) atoms. The van der Waals surface area contributed by atoms with Crippen LogP contribution in [0.2, 0.25) is 0 Å². The van der Waals surface area contributed by atoms with Gasteiger partial charge in [0.2, 0.25) is 0 Å². The Balaban J connectivity index is 1.44. The topological polar surface area (TPSA) is 92.6 Å². The lowest BCUT2D eigenvalue weighted by Gasteiger charge is -2.19. The van der Waals surface area contributed by atoms with Crippen molar-refractivity contribution in [3.8, 4) is 17.2 Å². The SMILES string of the molecule is COCC1OC(=O)c2ccc(-c3ccc(C[C@@H](C#N)NCC4CNCCCO4)c(F)c3)cc21. The maximum atomic E-state index is 14.9. The summed E-state index contributed by atoms with van der Waals surface area (Å²) in [4.78, 5) is 12.0. The monoisotopic (exact) mass is 453 g/mol. The van der Waals surface area contributed by atoms with E-state index in [2.05, 4.69) is 16.7 Å². The highest BCUT2D eigenvalue weighted by Gasteiger charge is 2.31. The number of esters is 1. The number of nitrogens with one attached hydrogen (secondary N) is 2. The molecule has 174 valence electrons. The fraction of sp³-hybridized carbons (Fsp3) is 0.440. The van der Waals surface area contributed by atoms with E-state index in [0.717, 1.165) is 30.6 Å². The number of carbonyl (C=O) groups is 1. The van der Waals surface area contributed by atoms with Crippen LogP contribution in [-0.4, -0.2) is 58.1 Å². The third-order valence-electron chi connectivity index (χ3n) is 5.97. The van der Waals surface area contributed by atoms with E-state index in [1.807, 2.05) is 12.1 Å². The van der Waals surface area contributed by atoms with Gasteiger partial charge in [-0.25, -0.2) is 9.18 Å². The van der Waals surface area contributed by atoms with Crippen molar-refractivity contribution in [3.63, 3.8) is 0 Å². The largest absolute Gasteiger partial charge is 0.451 e. The predicted octanol–water partition coefficient (Wildman–Crippen LogP) is 2.75. The van der Waals surface area contributed by atoms with Crippen molar-refractivity contribution in [1.82, 2.24) is 10.6 Å². The molecular weight excluding hydrogens is 425 g/mol. The van der Waals surface area contributed by atoms with Gasteiger partial charge in [0, 0.05) is 38.8 Å². The van der Waals surface area contributed by atoms with Crippen molar-refractivity contribution in [2.45, 2.75) is 31.1 Å². The van der Waals surface area contributed by atoms with Gasteiger partial charge in [0.05, 0.1) is 30.4 Å². The van der Waals surface area contributed by atoms with Gasteiger partial charge in [0.1, 0.15) is 5.82 Å². The van der Waals surface area contributed by atoms with Crippen LogP contribution in [0.15, 0.2) is 36.4 Å². The first-order valence-corrected chi connectivity index (χ1v) is 11.2. The second-order valence-corrected chi connectivity index (χ2v) is 8.30. The smallest absolute Gasteiger partial charge is 0.339 e. The second kappa shape index (κ2) is 10.9. The summed E-state index contributed by atoms with van der Waals surface area (Å²) in [7, 11) is 1.55. The number of methoxy groups -OCH3 is 1. The zero-order valence-electron chi connectivity index (χ0n) is 18.6. The fourth-order valence-electron chi connectivity index (χ4n) is 4.18. The van der Waals surface area contributed by atoms with Crippen LogP contribution in [0.1, 0.15) is 34.0 Å². The number of halogens is 1. The average Bonchev–Trinajstić information content (AvgIpc) is 2.98. The highest BCUT2D eigenvalue weighted by molar-refractivity contribution is 5.95. The lowest BCUT2D eigenvalue weighted by Crippen LogP contribution is -2.40. The molecule has 0 spiro atoms. The molecule has 0 aliphatic carbocycles. The number of hydrogen-bond acceptors (Lipinski definition) is 7. The molecule has 2 unspecified atom stereocenters. The summed E-state index contributed by atoms with van der Waals surface area (Å²) in [5.41, 5.74) is 3.19. The first-order valence-electron chi connectivity index (χ1n) is 11.2. The molecule has 2 aromatic rings. The van der Waals surface area contributed by atoms with Crippen LogP contribution in [0, 0.1) is 17.1 Å². The summed E-state index contributed by atoms with van der Waals surface area (Å²) >= 11 is 0. The highest BCUT2D eigenvalue weighted by Crippen LogP contribution is 2.34. The predicted molar refractivity (Wildman–Crippen MR) is 120 cm³/mol. The van der Waals surface area contributed by atoms with Crippen LogP contribution in [0.5, 0.6) is 0 Å². The molecule has 0 saturated carbocycles. The third-order valence-corrected chi connectivity index (χ3v) is 5.97. The molecule has 3 atom stereocenters. The molecule has 0 bridgehead atoms. The lowest BCUT2D eigenvalue weighted by molar-refractivity contribution is 0.0152. The van der Waals surface area contributed by atoms with Gasteiger partial charge in [-0.1, -0.05) is 18.2 Å². The summed E-state index contributed by atoms with van der Waals surface area (Å²) in [6.07, 6.45) is 0.756. The van der Waals surface area contributed by atoms with E-state index in [9.17, 15) is 14.4 Å². The van der Waals surface area contributed by atoms with Gasteiger partial charge < -0.3 is 19.5 Å². The number of nitrogens with zero attached hydrogens (tertiary/aromatic N) is 1. The Hall–Kier alpha value is -2.83. The molecule has 2 N–H and O–H groups in total. The molecule has 0 aromatic heterocycles. The fourth-order valence-corrected chi connectivity index (χ4v) is 4.18. The van der Waals surface area contributed by atoms with E-state index in [4.69, 9.17) is 14.2 Å². The van der Waals surface area contributed by atoms with Crippen LogP contribution in [0.4, 0.5) is 4.39 Å². The summed E-state index contributed by atoms with van der Waals surface area (Å²) in [6, 6.07) is 12.0. The molecule has 0 radical (unpaired) electrons. The Bertz CT molecular complexity index is 1030. The number of ether oxygens (including phenoxy) is 3. The number of benzene rings is 2. The van der Waals surface area contributed by atoms with E-state index >= 15 is 0 Å². The Kier molecular flexibility index (Phi) is 7.68. The van der Waals surface area contributed by atoms with Crippen molar-refractivity contribution in [2.75, 3.05) is 40.0 Å². The molecular formula is C25H28FN3O4. The molecule has 2 aromatic carbocycles. The maximum Gasteiger partial charge on any atom is 0.339 e. The van der Waals surface area contributed by atoms with E-state index in [0.29, 0.717) is 29.8 Å². The van der Waals surface area contributed by atoms with Crippen LogP contribution in [0.25, 0.3) is 11.1 Å². The van der Waals surface area contributed by atoms with E-state index < -0.39 is 12.1 Å². The van der Waals surface area contributed by atoms with Gasteiger partial charge in [-0.3, -0.25) is 5.32 Å². The lowest BCUT2D eigenvalue weighted by atomic mass is 9.96. The Morgan fingerprint density at radius 1 is 1.30 bits per heavy atom. The van der Waals surface area contributed by atoms with Gasteiger partial charge in [0.15, 0.2) is 6.10 Å². The van der Waals surface area contributed by atoms with Crippen molar-refractivity contribution in [2.24, 2.45) is 0 Å². The van der Waals surface area contributed by atoms with E-state index in [-0.39, 0.29) is 30.9 Å². The molecule has 2 aliphatic heterocycles. The Labute approximate surface area is 192 Å². The summed E-state index contributed by atoms with van der Waals surface area (Å²) in [5, 5.41) is 16.0. The second-order valence-electron chi connectivity index (χ2n) is 8.30. The van der Waals surface area contributed by atoms with Gasteiger partial charge in [0.25, 0.3) is 0 Å². The molecule has 0 amide bonds. The first kappa shape index (κ1) is 23.3. The number of fused-ring (bicyclic) bond motifs is 1. The summed E-state index contributed by atoms with van der Waals surface area (Å²) in [5.74, 6) is -0.747.